The SMILES string of the molecule is CCCNc1ccnc(C2CC2C)n1. The van der Waals surface area contributed by atoms with Gasteiger partial charge < -0.3 is 5.32 Å². The molecule has 0 radical (unpaired) electrons. The molecule has 1 aromatic heterocycles. The highest BCUT2D eigenvalue weighted by molar-refractivity contribution is 5.33. The predicted molar refractivity (Wildman–Crippen MR) is 57.3 cm³/mol. The average Bonchev–Trinajstić information content (AvgIpc) is 2.93. The molecule has 2 rings (SSSR count). The molecule has 1 aliphatic rings. The molecule has 2 atom stereocenters. The van der Waals surface area contributed by atoms with E-state index in [0.29, 0.717) is 5.92 Å². The summed E-state index contributed by atoms with van der Waals surface area (Å²) < 4.78 is 0. The molecule has 0 amide bonds. The third kappa shape index (κ3) is 2.03. The number of rotatable bonds is 4. The van der Waals surface area contributed by atoms with Crippen molar-refractivity contribution in [3.05, 3.63) is 18.1 Å². The van der Waals surface area contributed by atoms with Crippen LogP contribution in [0.2, 0.25) is 0 Å². The van der Waals surface area contributed by atoms with Gasteiger partial charge in [0.25, 0.3) is 0 Å². The average molecular weight is 191 g/mol. The first-order valence-electron chi connectivity index (χ1n) is 5.38. The van der Waals surface area contributed by atoms with Gasteiger partial charge in [0.05, 0.1) is 0 Å². The van der Waals surface area contributed by atoms with Gasteiger partial charge in [-0.25, -0.2) is 9.97 Å². The minimum Gasteiger partial charge on any atom is -0.370 e. The van der Waals surface area contributed by atoms with Gasteiger partial charge in [0.2, 0.25) is 0 Å². The van der Waals surface area contributed by atoms with Gasteiger partial charge in [-0.1, -0.05) is 13.8 Å². The molecule has 1 heterocycles. The molecule has 14 heavy (non-hydrogen) atoms. The predicted octanol–water partition coefficient (Wildman–Crippen LogP) is 2.42. The molecule has 0 spiro atoms. The summed E-state index contributed by atoms with van der Waals surface area (Å²) in [5.41, 5.74) is 0. The van der Waals surface area contributed by atoms with Crippen LogP contribution in [-0.4, -0.2) is 16.5 Å². The fourth-order valence-electron chi connectivity index (χ4n) is 1.59. The zero-order valence-electron chi connectivity index (χ0n) is 8.83. The Kier molecular flexibility index (Phi) is 2.66. The van der Waals surface area contributed by atoms with Crippen molar-refractivity contribution in [1.82, 2.24) is 9.97 Å². The van der Waals surface area contributed by atoms with Crippen LogP contribution in [0.3, 0.4) is 0 Å². The molecular weight excluding hydrogens is 174 g/mol. The Hall–Kier alpha value is -1.12. The van der Waals surface area contributed by atoms with Gasteiger partial charge in [-0.3, -0.25) is 0 Å². The molecule has 3 nitrogen and oxygen atoms in total. The molecule has 1 N–H and O–H groups in total. The first-order valence-corrected chi connectivity index (χ1v) is 5.38. The normalized spacial score (nSPS) is 24.7. The van der Waals surface area contributed by atoms with Gasteiger partial charge in [0.1, 0.15) is 11.6 Å². The van der Waals surface area contributed by atoms with E-state index in [9.17, 15) is 0 Å². The summed E-state index contributed by atoms with van der Waals surface area (Å²) >= 11 is 0. The molecule has 3 heteroatoms. The Balaban J connectivity index is 2.03. The quantitative estimate of drug-likeness (QED) is 0.794. The fourth-order valence-corrected chi connectivity index (χ4v) is 1.59. The molecular formula is C11H17N3. The van der Waals surface area contributed by atoms with Crippen molar-refractivity contribution in [2.45, 2.75) is 32.6 Å². The van der Waals surface area contributed by atoms with Crippen LogP contribution in [0.4, 0.5) is 5.82 Å². The van der Waals surface area contributed by atoms with E-state index in [1.165, 1.54) is 6.42 Å². The molecule has 0 aromatic carbocycles. The summed E-state index contributed by atoms with van der Waals surface area (Å²) in [6.45, 7) is 5.38. The highest BCUT2D eigenvalue weighted by Crippen LogP contribution is 2.45. The van der Waals surface area contributed by atoms with Crippen LogP contribution in [0.5, 0.6) is 0 Å². The van der Waals surface area contributed by atoms with Gasteiger partial charge in [0, 0.05) is 18.7 Å². The Bertz CT molecular complexity index is 311. The van der Waals surface area contributed by atoms with Gasteiger partial charge in [-0.2, -0.15) is 0 Å². The minimum atomic E-state index is 0.610. The summed E-state index contributed by atoms with van der Waals surface area (Å²) in [7, 11) is 0. The number of hydrogen-bond acceptors (Lipinski definition) is 3. The first-order chi connectivity index (χ1) is 6.81. The Labute approximate surface area is 85.0 Å². The summed E-state index contributed by atoms with van der Waals surface area (Å²) in [5, 5.41) is 3.28. The van der Waals surface area contributed by atoms with Crippen LogP contribution in [0.1, 0.15) is 38.4 Å². The number of hydrogen-bond donors (Lipinski definition) is 1. The molecule has 0 aliphatic heterocycles. The van der Waals surface area contributed by atoms with E-state index in [2.05, 4.69) is 29.1 Å². The highest BCUT2D eigenvalue weighted by Gasteiger charge is 2.36. The van der Waals surface area contributed by atoms with Crippen LogP contribution in [0, 0.1) is 5.92 Å². The third-order valence-electron chi connectivity index (χ3n) is 2.67. The van der Waals surface area contributed by atoms with Gasteiger partial charge in [-0.05, 0) is 24.8 Å². The lowest BCUT2D eigenvalue weighted by atomic mass is 10.3. The van der Waals surface area contributed by atoms with E-state index in [4.69, 9.17) is 0 Å². The summed E-state index contributed by atoms with van der Waals surface area (Å²) in [4.78, 5) is 8.81. The van der Waals surface area contributed by atoms with Crippen molar-refractivity contribution >= 4 is 5.82 Å². The zero-order chi connectivity index (χ0) is 9.97. The molecule has 76 valence electrons. The molecule has 2 unspecified atom stereocenters. The number of anilines is 1. The van der Waals surface area contributed by atoms with Crippen molar-refractivity contribution < 1.29 is 0 Å². The van der Waals surface area contributed by atoms with Crippen LogP contribution in [-0.2, 0) is 0 Å². The van der Waals surface area contributed by atoms with Crippen molar-refractivity contribution in [2.75, 3.05) is 11.9 Å². The Morgan fingerprint density at radius 3 is 3.00 bits per heavy atom. The summed E-state index contributed by atoms with van der Waals surface area (Å²) in [5.74, 6) is 3.37. The van der Waals surface area contributed by atoms with E-state index < -0.39 is 0 Å². The highest BCUT2D eigenvalue weighted by atomic mass is 15.0. The first kappa shape index (κ1) is 9.44. The Morgan fingerprint density at radius 2 is 2.36 bits per heavy atom. The maximum Gasteiger partial charge on any atom is 0.134 e. The molecule has 1 saturated carbocycles. The second-order valence-corrected chi connectivity index (χ2v) is 4.05. The van der Waals surface area contributed by atoms with Crippen molar-refractivity contribution in [3.63, 3.8) is 0 Å². The van der Waals surface area contributed by atoms with E-state index in [1.807, 2.05) is 12.3 Å². The maximum atomic E-state index is 4.50. The molecule has 0 saturated heterocycles. The van der Waals surface area contributed by atoms with Gasteiger partial charge in [-0.15, -0.1) is 0 Å². The second-order valence-electron chi connectivity index (χ2n) is 4.05. The lowest BCUT2D eigenvalue weighted by molar-refractivity contribution is 0.839. The monoisotopic (exact) mass is 191 g/mol. The van der Waals surface area contributed by atoms with Crippen molar-refractivity contribution in [3.8, 4) is 0 Å². The molecule has 0 bridgehead atoms. The van der Waals surface area contributed by atoms with Crippen molar-refractivity contribution in [1.29, 1.82) is 0 Å². The van der Waals surface area contributed by atoms with Gasteiger partial charge >= 0.3 is 0 Å². The number of nitrogens with zero attached hydrogens (tertiary/aromatic N) is 2. The van der Waals surface area contributed by atoms with Crippen LogP contribution >= 0.6 is 0 Å². The second kappa shape index (κ2) is 3.95. The van der Waals surface area contributed by atoms with Crippen LogP contribution in [0.15, 0.2) is 12.3 Å². The summed E-state index contributed by atoms with van der Waals surface area (Å²) in [6, 6.07) is 1.94. The molecule has 1 aromatic rings. The lowest BCUT2D eigenvalue weighted by Gasteiger charge is -2.04. The van der Waals surface area contributed by atoms with Crippen LogP contribution in [0.25, 0.3) is 0 Å². The lowest BCUT2D eigenvalue weighted by Crippen LogP contribution is -2.04. The number of nitrogens with one attached hydrogen (secondary N) is 1. The third-order valence-corrected chi connectivity index (χ3v) is 2.67. The Morgan fingerprint density at radius 1 is 1.57 bits per heavy atom. The number of aromatic nitrogens is 2. The largest absolute Gasteiger partial charge is 0.370 e. The fraction of sp³-hybridized carbons (Fsp3) is 0.636. The van der Waals surface area contributed by atoms with E-state index in [1.54, 1.807) is 0 Å². The zero-order valence-corrected chi connectivity index (χ0v) is 8.83. The van der Waals surface area contributed by atoms with Gasteiger partial charge in [0.15, 0.2) is 0 Å². The smallest absolute Gasteiger partial charge is 0.134 e. The van der Waals surface area contributed by atoms with E-state index in [-0.39, 0.29) is 0 Å². The van der Waals surface area contributed by atoms with Crippen LogP contribution < -0.4 is 5.32 Å². The molecule has 1 fully saturated rings. The van der Waals surface area contributed by atoms with E-state index in [0.717, 1.165) is 30.5 Å². The molecule has 1 aliphatic carbocycles. The van der Waals surface area contributed by atoms with Crippen molar-refractivity contribution in [2.24, 2.45) is 5.92 Å². The minimum absolute atomic E-state index is 0.610. The summed E-state index contributed by atoms with van der Waals surface area (Å²) in [6.07, 6.45) is 4.22. The standard InChI is InChI=1S/C11H17N3/c1-3-5-12-10-4-6-13-11(14-10)9-7-8(9)2/h4,6,8-9H,3,5,7H2,1-2H3,(H,12,13,14). The topological polar surface area (TPSA) is 37.8 Å². The maximum absolute atomic E-state index is 4.50. The van der Waals surface area contributed by atoms with E-state index >= 15 is 0 Å².